The molecule has 1 aromatic carbocycles. The first-order valence-corrected chi connectivity index (χ1v) is 6.63. The number of carbonyl (C=O) groups excluding carboxylic acids is 1. The second-order valence-electron chi connectivity index (χ2n) is 4.84. The van der Waals surface area contributed by atoms with E-state index in [4.69, 9.17) is 5.11 Å². The number of rotatable bonds is 3. The molecule has 0 aliphatic carbocycles. The van der Waals surface area contributed by atoms with Crippen molar-refractivity contribution in [3.8, 4) is 0 Å². The topological polar surface area (TPSA) is 72.9 Å². The molecule has 20 heavy (non-hydrogen) atoms. The summed E-state index contributed by atoms with van der Waals surface area (Å²) >= 11 is 0. The van der Waals surface area contributed by atoms with Gasteiger partial charge < -0.3 is 15.3 Å². The predicted molar refractivity (Wildman–Crippen MR) is 76.0 cm³/mol. The van der Waals surface area contributed by atoms with Crippen LogP contribution in [0.3, 0.4) is 0 Å². The second-order valence-corrected chi connectivity index (χ2v) is 4.84. The highest BCUT2D eigenvalue weighted by molar-refractivity contribution is 5.96. The van der Waals surface area contributed by atoms with Gasteiger partial charge in [0.2, 0.25) is 0 Å². The minimum absolute atomic E-state index is 0.252. The molecule has 0 saturated carbocycles. The maximum atomic E-state index is 12.5. The molecule has 0 spiro atoms. The highest BCUT2D eigenvalue weighted by atomic mass is 16.4. The lowest BCUT2D eigenvalue weighted by atomic mass is 10.2. The van der Waals surface area contributed by atoms with Gasteiger partial charge in [0.05, 0.1) is 0 Å². The Kier molecular flexibility index (Phi) is 4.57. The van der Waals surface area contributed by atoms with Crippen LogP contribution in [-0.2, 0) is 4.79 Å². The lowest BCUT2D eigenvalue weighted by Crippen LogP contribution is -2.52. The average molecular weight is 277 g/mol. The molecule has 108 valence electrons. The van der Waals surface area contributed by atoms with E-state index >= 15 is 0 Å². The van der Waals surface area contributed by atoms with E-state index in [1.807, 2.05) is 19.1 Å². The van der Waals surface area contributed by atoms with E-state index in [2.05, 4.69) is 5.32 Å². The molecule has 0 unspecified atom stereocenters. The van der Waals surface area contributed by atoms with Gasteiger partial charge in [-0.2, -0.15) is 0 Å². The van der Waals surface area contributed by atoms with Crippen molar-refractivity contribution in [3.63, 3.8) is 0 Å². The van der Waals surface area contributed by atoms with E-state index in [9.17, 15) is 9.59 Å². The monoisotopic (exact) mass is 277 g/mol. The number of carboxylic acids is 1. The van der Waals surface area contributed by atoms with Crippen molar-refractivity contribution in [2.24, 2.45) is 0 Å². The Morgan fingerprint density at radius 2 is 1.85 bits per heavy atom. The zero-order valence-corrected chi connectivity index (χ0v) is 11.5. The first kappa shape index (κ1) is 14.3. The summed E-state index contributed by atoms with van der Waals surface area (Å²) in [5.74, 6) is -1.02. The Labute approximate surface area is 118 Å². The number of carboxylic acid groups (broad SMARTS) is 1. The van der Waals surface area contributed by atoms with Crippen LogP contribution in [0.5, 0.6) is 0 Å². The van der Waals surface area contributed by atoms with Crippen LogP contribution in [0, 0.1) is 6.92 Å². The van der Waals surface area contributed by atoms with Gasteiger partial charge in [-0.3, -0.25) is 9.69 Å². The molecule has 0 radical (unpaired) electrons. The Morgan fingerprint density at radius 1 is 1.25 bits per heavy atom. The van der Waals surface area contributed by atoms with Crippen LogP contribution in [0.15, 0.2) is 24.3 Å². The lowest BCUT2D eigenvalue weighted by molar-refractivity contribution is -0.135. The minimum atomic E-state index is -1.02. The van der Waals surface area contributed by atoms with Gasteiger partial charge in [-0.05, 0) is 19.1 Å². The molecule has 6 heteroatoms. The number of aryl methyl sites for hydroxylation is 1. The molecule has 1 aromatic rings. The molecule has 2 N–H and O–H groups in total. The van der Waals surface area contributed by atoms with Crippen LogP contribution in [0.4, 0.5) is 10.5 Å². The number of urea groups is 1. The van der Waals surface area contributed by atoms with Gasteiger partial charge in [-0.25, -0.2) is 4.79 Å². The molecule has 0 atom stereocenters. The van der Waals surface area contributed by atoms with Crippen molar-refractivity contribution in [1.29, 1.82) is 0 Å². The summed E-state index contributed by atoms with van der Waals surface area (Å²) in [5, 5.41) is 12.2. The third kappa shape index (κ3) is 3.48. The van der Waals surface area contributed by atoms with Crippen LogP contribution >= 0.6 is 0 Å². The Morgan fingerprint density at radius 3 is 2.40 bits per heavy atom. The number of piperazine rings is 1. The lowest BCUT2D eigenvalue weighted by Gasteiger charge is -2.32. The molecule has 2 amide bonds. The zero-order valence-electron chi connectivity index (χ0n) is 11.5. The molecule has 2 rings (SSSR count). The number of benzene rings is 1. The summed E-state index contributed by atoms with van der Waals surface area (Å²) in [6, 6.07) is 7.04. The number of hydrogen-bond acceptors (Lipinski definition) is 3. The van der Waals surface area contributed by atoms with Gasteiger partial charge in [0, 0.05) is 31.9 Å². The molecule has 1 aliphatic heterocycles. The van der Waals surface area contributed by atoms with Crippen molar-refractivity contribution in [2.75, 3.05) is 37.6 Å². The highest BCUT2D eigenvalue weighted by Crippen LogP contribution is 2.17. The van der Waals surface area contributed by atoms with Gasteiger partial charge in [0.25, 0.3) is 0 Å². The zero-order chi connectivity index (χ0) is 14.5. The van der Waals surface area contributed by atoms with Gasteiger partial charge in [-0.15, -0.1) is 0 Å². The van der Waals surface area contributed by atoms with E-state index in [1.54, 1.807) is 17.0 Å². The summed E-state index contributed by atoms with van der Waals surface area (Å²) in [7, 11) is 0. The normalized spacial score (nSPS) is 14.9. The Bertz CT molecular complexity index is 481. The standard InChI is InChI=1S/C14H19N3O3/c1-11-2-4-12(5-3-11)17(10-13(18)19)14(20)16-8-6-15-7-9-16/h2-5,15H,6-10H2,1H3,(H,18,19). The van der Waals surface area contributed by atoms with Crippen LogP contribution in [-0.4, -0.2) is 54.7 Å². The molecule has 1 aliphatic rings. The number of nitrogens with zero attached hydrogens (tertiary/aromatic N) is 2. The van der Waals surface area contributed by atoms with Crippen LogP contribution in [0.2, 0.25) is 0 Å². The summed E-state index contributed by atoms with van der Waals surface area (Å²) in [6.45, 7) is 4.29. The van der Waals surface area contributed by atoms with Crippen molar-refractivity contribution >= 4 is 17.7 Å². The molecule has 0 bridgehead atoms. The minimum Gasteiger partial charge on any atom is -0.480 e. The summed E-state index contributed by atoms with van der Waals surface area (Å²) < 4.78 is 0. The molecular formula is C14H19N3O3. The fraction of sp³-hybridized carbons (Fsp3) is 0.429. The first-order chi connectivity index (χ1) is 9.58. The maximum absolute atomic E-state index is 12.5. The van der Waals surface area contributed by atoms with Crippen molar-refractivity contribution in [3.05, 3.63) is 29.8 Å². The fourth-order valence-electron chi connectivity index (χ4n) is 2.16. The average Bonchev–Trinajstić information content (AvgIpc) is 2.46. The Hall–Kier alpha value is -2.08. The van der Waals surface area contributed by atoms with Crippen LogP contribution in [0.25, 0.3) is 0 Å². The van der Waals surface area contributed by atoms with Gasteiger partial charge >= 0.3 is 12.0 Å². The van der Waals surface area contributed by atoms with Gasteiger partial charge in [0.15, 0.2) is 0 Å². The number of nitrogens with one attached hydrogen (secondary N) is 1. The largest absolute Gasteiger partial charge is 0.480 e. The number of anilines is 1. The smallest absolute Gasteiger partial charge is 0.325 e. The first-order valence-electron chi connectivity index (χ1n) is 6.63. The van der Waals surface area contributed by atoms with Crippen LogP contribution in [0.1, 0.15) is 5.56 Å². The number of amides is 2. The molecule has 0 aromatic heterocycles. The number of aliphatic carboxylic acids is 1. The van der Waals surface area contributed by atoms with Gasteiger partial charge in [-0.1, -0.05) is 17.7 Å². The molecular weight excluding hydrogens is 258 g/mol. The summed E-state index contributed by atoms with van der Waals surface area (Å²) in [4.78, 5) is 26.5. The Balaban J connectivity index is 2.19. The van der Waals surface area contributed by atoms with Crippen molar-refractivity contribution < 1.29 is 14.7 Å². The van der Waals surface area contributed by atoms with Gasteiger partial charge in [0.1, 0.15) is 6.54 Å². The maximum Gasteiger partial charge on any atom is 0.325 e. The summed E-state index contributed by atoms with van der Waals surface area (Å²) in [5.41, 5.74) is 1.68. The van der Waals surface area contributed by atoms with Crippen molar-refractivity contribution in [1.82, 2.24) is 10.2 Å². The SMILES string of the molecule is Cc1ccc(N(CC(=O)O)C(=O)N2CCNCC2)cc1. The quantitative estimate of drug-likeness (QED) is 0.861. The molecule has 1 fully saturated rings. The predicted octanol–water partition coefficient (Wildman–Crippen LogP) is 0.911. The highest BCUT2D eigenvalue weighted by Gasteiger charge is 2.25. The third-order valence-electron chi connectivity index (χ3n) is 3.26. The van der Waals surface area contributed by atoms with E-state index in [0.29, 0.717) is 18.8 Å². The molecule has 1 heterocycles. The van der Waals surface area contributed by atoms with E-state index in [1.165, 1.54) is 4.90 Å². The summed E-state index contributed by atoms with van der Waals surface area (Å²) in [6.07, 6.45) is 0. The molecule has 6 nitrogen and oxygen atoms in total. The van der Waals surface area contributed by atoms with Crippen molar-refractivity contribution in [2.45, 2.75) is 6.92 Å². The van der Waals surface area contributed by atoms with E-state index in [0.717, 1.165) is 18.7 Å². The molecule has 1 saturated heterocycles. The number of carbonyl (C=O) groups is 2. The third-order valence-corrected chi connectivity index (χ3v) is 3.26. The fourth-order valence-corrected chi connectivity index (χ4v) is 2.16. The number of hydrogen-bond donors (Lipinski definition) is 2. The second kappa shape index (κ2) is 6.38. The van der Waals surface area contributed by atoms with E-state index in [-0.39, 0.29) is 12.6 Å². The van der Waals surface area contributed by atoms with Crippen LogP contribution < -0.4 is 10.2 Å². The van der Waals surface area contributed by atoms with E-state index < -0.39 is 5.97 Å².